The molecule has 0 bridgehead atoms. The van der Waals surface area contributed by atoms with Crippen molar-refractivity contribution in [3.05, 3.63) is 0 Å². The van der Waals surface area contributed by atoms with Gasteiger partial charge in [0.05, 0.1) is 5.88 Å². The maximum Gasteiger partial charge on any atom is 0.327 e. The van der Waals surface area contributed by atoms with E-state index in [-0.39, 0.29) is 12.1 Å². The molecule has 6 heteroatoms. The lowest BCUT2D eigenvalue weighted by Crippen LogP contribution is -2.51. The van der Waals surface area contributed by atoms with Crippen LogP contribution in [-0.2, 0) is 4.79 Å². The first-order valence-corrected chi connectivity index (χ1v) is 7.54. The Morgan fingerprint density at radius 3 is 2.61 bits per heavy atom. The topological polar surface area (TPSA) is 60.9 Å². The fraction of sp³-hybridized carbons (Fsp3) is 0.833. The zero-order valence-electron chi connectivity index (χ0n) is 10.8. The van der Waals surface area contributed by atoms with Crippen molar-refractivity contribution in [1.82, 2.24) is 9.80 Å². The van der Waals surface area contributed by atoms with E-state index < -0.39 is 12.0 Å². The number of hydrogen-bond acceptors (Lipinski definition) is 3. The number of carboxylic acids is 1. The van der Waals surface area contributed by atoms with E-state index in [1.807, 2.05) is 18.7 Å². The van der Waals surface area contributed by atoms with Gasteiger partial charge in [0.15, 0.2) is 0 Å². The number of carbonyl (C=O) groups excluding carboxylic acids is 1. The monoisotopic (exact) mass is 272 g/mol. The van der Waals surface area contributed by atoms with E-state index in [0.717, 1.165) is 6.54 Å². The van der Waals surface area contributed by atoms with Crippen molar-refractivity contribution in [1.29, 1.82) is 0 Å². The molecule has 1 aliphatic carbocycles. The highest BCUT2D eigenvalue weighted by atomic mass is 32.2. The number of amides is 2. The Kier molecular flexibility index (Phi) is 4.04. The molecule has 102 valence electrons. The molecule has 18 heavy (non-hydrogen) atoms. The Morgan fingerprint density at radius 1 is 1.44 bits per heavy atom. The van der Waals surface area contributed by atoms with E-state index in [1.165, 1.54) is 29.5 Å². The van der Waals surface area contributed by atoms with Gasteiger partial charge in [0.1, 0.15) is 6.04 Å². The van der Waals surface area contributed by atoms with Gasteiger partial charge >= 0.3 is 12.0 Å². The van der Waals surface area contributed by atoms with Gasteiger partial charge in [-0.1, -0.05) is 0 Å². The summed E-state index contributed by atoms with van der Waals surface area (Å²) < 4.78 is 0. The summed E-state index contributed by atoms with van der Waals surface area (Å²) >= 11 is 1.51. The van der Waals surface area contributed by atoms with E-state index in [2.05, 4.69) is 0 Å². The zero-order valence-corrected chi connectivity index (χ0v) is 11.7. The van der Waals surface area contributed by atoms with Crippen molar-refractivity contribution in [3.8, 4) is 0 Å². The molecule has 1 atom stereocenters. The molecule has 0 spiro atoms. The molecular formula is C12H20N2O3S. The fourth-order valence-electron chi connectivity index (χ4n) is 2.09. The Balaban J connectivity index is 2.04. The first-order chi connectivity index (χ1) is 8.50. The van der Waals surface area contributed by atoms with Gasteiger partial charge in [-0.3, -0.25) is 0 Å². The third-order valence-corrected chi connectivity index (χ3v) is 4.45. The minimum Gasteiger partial charge on any atom is -0.480 e. The van der Waals surface area contributed by atoms with Crippen molar-refractivity contribution in [3.63, 3.8) is 0 Å². The minimum absolute atomic E-state index is 0.116. The van der Waals surface area contributed by atoms with Gasteiger partial charge in [0.2, 0.25) is 0 Å². The molecule has 5 nitrogen and oxygen atoms in total. The number of carboxylic acid groups (broad SMARTS) is 1. The predicted molar refractivity (Wildman–Crippen MR) is 70.5 cm³/mol. The second-order valence-electron chi connectivity index (χ2n) is 5.30. The van der Waals surface area contributed by atoms with Gasteiger partial charge in [-0.05, 0) is 32.6 Å². The summed E-state index contributed by atoms with van der Waals surface area (Å²) in [6, 6.07) is -0.657. The van der Waals surface area contributed by atoms with Crippen LogP contribution in [0.5, 0.6) is 0 Å². The Hall–Kier alpha value is -0.910. The fourth-order valence-corrected chi connectivity index (χ4v) is 3.23. The molecule has 1 saturated heterocycles. The minimum atomic E-state index is -0.900. The van der Waals surface area contributed by atoms with Crippen molar-refractivity contribution in [2.24, 2.45) is 5.92 Å². The van der Waals surface area contributed by atoms with Crippen molar-refractivity contribution in [2.45, 2.75) is 38.8 Å². The van der Waals surface area contributed by atoms with E-state index in [1.54, 1.807) is 0 Å². The van der Waals surface area contributed by atoms with Gasteiger partial charge in [-0.25, -0.2) is 9.59 Å². The maximum atomic E-state index is 12.4. The van der Waals surface area contributed by atoms with E-state index in [0.29, 0.717) is 17.5 Å². The highest BCUT2D eigenvalue weighted by molar-refractivity contribution is 7.99. The lowest BCUT2D eigenvalue weighted by Gasteiger charge is -2.32. The Bertz CT molecular complexity index is 344. The van der Waals surface area contributed by atoms with Gasteiger partial charge in [-0.2, -0.15) is 0 Å². The summed E-state index contributed by atoms with van der Waals surface area (Å²) in [5.41, 5.74) is 0. The highest BCUT2D eigenvalue weighted by Gasteiger charge is 2.38. The first kappa shape index (κ1) is 13.5. The number of urea groups is 1. The SMILES string of the molecule is CC(C)N(CC1CC1)C(=O)N1CSC[C@H]1C(=O)O. The molecule has 1 saturated carbocycles. The van der Waals surface area contributed by atoms with E-state index >= 15 is 0 Å². The highest BCUT2D eigenvalue weighted by Crippen LogP contribution is 2.31. The number of hydrogen-bond donors (Lipinski definition) is 1. The Morgan fingerprint density at radius 2 is 2.11 bits per heavy atom. The summed E-state index contributed by atoms with van der Waals surface area (Å²) in [5.74, 6) is 0.707. The molecule has 0 aromatic heterocycles. The quantitative estimate of drug-likeness (QED) is 0.846. The third-order valence-electron chi connectivity index (χ3n) is 3.43. The van der Waals surface area contributed by atoms with Crippen LogP contribution in [0.2, 0.25) is 0 Å². The predicted octanol–water partition coefficient (Wildman–Crippen LogP) is 1.69. The van der Waals surface area contributed by atoms with Crippen molar-refractivity contribution >= 4 is 23.8 Å². The van der Waals surface area contributed by atoms with Crippen molar-refractivity contribution < 1.29 is 14.7 Å². The third kappa shape index (κ3) is 2.91. The van der Waals surface area contributed by atoms with Gasteiger partial charge in [-0.15, -0.1) is 11.8 Å². The van der Waals surface area contributed by atoms with Gasteiger partial charge < -0.3 is 14.9 Å². The van der Waals surface area contributed by atoms with Gasteiger partial charge in [0, 0.05) is 18.3 Å². The molecule has 2 rings (SSSR count). The molecule has 0 aromatic carbocycles. The summed E-state index contributed by atoms with van der Waals surface area (Å²) in [4.78, 5) is 26.9. The molecule has 2 amide bonds. The van der Waals surface area contributed by atoms with Crippen LogP contribution in [0.15, 0.2) is 0 Å². The normalized spacial score (nSPS) is 23.5. The summed E-state index contributed by atoms with van der Waals surface area (Å²) in [5, 5.41) is 9.12. The lowest BCUT2D eigenvalue weighted by molar-refractivity contribution is -0.141. The second-order valence-corrected chi connectivity index (χ2v) is 6.30. The summed E-state index contributed by atoms with van der Waals surface area (Å²) in [7, 11) is 0. The van der Waals surface area contributed by atoms with Crippen LogP contribution in [0.3, 0.4) is 0 Å². The number of carbonyl (C=O) groups is 2. The summed E-state index contributed by atoms with van der Waals surface area (Å²) in [6.45, 7) is 4.74. The average Bonchev–Trinajstić information content (AvgIpc) is 2.97. The Labute approximate surface area is 112 Å². The first-order valence-electron chi connectivity index (χ1n) is 6.38. The van der Waals surface area contributed by atoms with E-state index in [9.17, 15) is 9.59 Å². The van der Waals surface area contributed by atoms with Crippen LogP contribution in [0.4, 0.5) is 4.79 Å². The van der Waals surface area contributed by atoms with Crippen LogP contribution in [0.25, 0.3) is 0 Å². The smallest absolute Gasteiger partial charge is 0.327 e. The number of thioether (sulfide) groups is 1. The number of rotatable bonds is 4. The zero-order chi connectivity index (χ0) is 13.3. The molecule has 2 aliphatic rings. The molecule has 0 radical (unpaired) electrons. The van der Waals surface area contributed by atoms with Crippen LogP contribution in [0, 0.1) is 5.92 Å². The molecule has 1 N–H and O–H groups in total. The number of aliphatic carboxylic acids is 1. The average molecular weight is 272 g/mol. The molecule has 0 unspecified atom stereocenters. The second kappa shape index (κ2) is 5.38. The van der Waals surface area contributed by atoms with Crippen LogP contribution in [0.1, 0.15) is 26.7 Å². The van der Waals surface area contributed by atoms with Crippen LogP contribution >= 0.6 is 11.8 Å². The number of nitrogens with zero attached hydrogens (tertiary/aromatic N) is 2. The molecule has 1 heterocycles. The summed E-state index contributed by atoms with van der Waals surface area (Å²) in [6.07, 6.45) is 2.38. The molecule has 1 aliphatic heterocycles. The lowest BCUT2D eigenvalue weighted by atomic mass is 10.2. The van der Waals surface area contributed by atoms with E-state index in [4.69, 9.17) is 5.11 Å². The largest absolute Gasteiger partial charge is 0.480 e. The van der Waals surface area contributed by atoms with Crippen LogP contribution < -0.4 is 0 Å². The molecule has 0 aromatic rings. The molecule has 2 fully saturated rings. The molecular weight excluding hydrogens is 252 g/mol. The maximum absolute atomic E-state index is 12.4. The van der Waals surface area contributed by atoms with Crippen molar-refractivity contribution in [2.75, 3.05) is 18.2 Å². The van der Waals surface area contributed by atoms with Gasteiger partial charge in [0.25, 0.3) is 0 Å². The van der Waals surface area contributed by atoms with Crippen LogP contribution in [-0.4, -0.2) is 57.2 Å². The standard InChI is InChI=1S/C12H20N2O3S/c1-8(2)13(5-9-3-4-9)12(17)14-7-18-6-10(14)11(15)16/h8-10H,3-7H2,1-2H3,(H,15,16)/t10-/m0/s1.